The molecule has 0 aliphatic heterocycles. The number of hydrogen-bond donors (Lipinski definition) is 0. The molecule has 1 fully saturated rings. The van der Waals surface area contributed by atoms with Crippen molar-refractivity contribution in [1.29, 1.82) is 0 Å². The second-order valence-electron chi connectivity index (χ2n) is 6.86. The fourth-order valence-electron chi connectivity index (χ4n) is 3.35. The first-order chi connectivity index (χ1) is 13.4. The van der Waals surface area contributed by atoms with E-state index in [4.69, 9.17) is 0 Å². The quantitative estimate of drug-likeness (QED) is 0.494. The van der Waals surface area contributed by atoms with Crippen molar-refractivity contribution in [3.05, 3.63) is 60.8 Å². The highest BCUT2D eigenvalue weighted by atomic mass is 19.3. The van der Waals surface area contributed by atoms with E-state index < -0.39 is 23.5 Å². The van der Waals surface area contributed by atoms with E-state index in [1.165, 1.54) is 18.7 Å². The Morgan fingerprint density at radius 2 is 1.86 bits per heavy atom. The van der Waals surface area contributed by atoms with Gasteiger partial charge in [-0.15, -0.1) is 0 Å². The van der Waals surface area contributed by atoms with Crippen molar-refractivity contribution in [1.82, 2.24) is 24.1 Å². The van der Waals surface area contributed by atoms with Gasteiger partial charge in [-0.05, 0) is 30.3 Å². The van der Waals surface area contributed by atoms with Gasteiger partial charge < -0.3 is 4.57 Å². The van der Waals surface area contributed by atoms with Crippen LogP contribution < -0.4 is 0 Å². The molecule has 4 aromatic rings. The van der Waals surface area contributed by atoms with Crippen LogP contribution in [0.3, 0.4) is 0 Å². The number of pyridine rings is 1. The van der Waals surface area contributed by atoms with E-state index in [-0.39, 0.29) is 13.0 Å². The van der Waals surface area contributed by atoms with Gasteiger partial charge in [0.2, 0.25) is 0 Å². The fourth-order valence-corrected chi connectivity index (χ4v) is 3.35. The molecule has 0 saturated heterocycles. The molecule has 5 rings (SSSR count). The van der Waals surface area contributed by atoms with Crippen LogP contribution in [0, 0.1) is 17.6 Å². The normalized spacial score (nSPS) is 17.9. The van der Waals surface area contributed by atoms with Crippen molar-refractivity contribution in [2.75, 3.05) is 0 Å². The number of aromatic nitrogens is 5. The second kappa shape index (κ2) is 5.88. The van der Waals surface area contributed by atoms with Gasteiger partial charge in [-0.25, -0.2) is 32.0 Å². The summed E-state index contributed by atoms with van der Waals surface area (Å²) in [4.78, 5) is 8.45. The molecule has 1 aliphatic carbocycles. The summed E-state index contributed by atoms with van der Waals surface area (Å²) in [6, 6.07) is 6.98. The first kappa shape index (κ1) is 16.9. The van der Waals surface area contributed by atoms with Gasteiger partial charge in [0.25, 0.3) is 5.92 Å². The molecule has 1 unspecified atom stereocenters. The second-order valence-corrected chi connectivity index (χ2v) is 6.86. The van der Waals surface area contributed by atoms with Crippen LogP contribution in [0.1, 0.15) is 6.42 Å². The Bertz CT molecular complexity index is 1200. The molecule has 1 atom stereocenters. The van der Waals surface area contributed by atoms with Gasteiger partial charge >= 0.3 is 0 Å². The highest BCUT2D eigenvalue weighted by molar-refractivity contribution is 5.79. The topological polar surface area (TPSA) is 48.0 Å². The first-order valence-corrected chi connectivity index (χ1v) is 8.60. The van der Waals surface area contributed by atoms with E-state index >= 15 is 0 Å². The van der Waals surface area contributed by atoms with Crippen molar-refractivity contribution in [3.8, 4) is 22.5 Å². The Kier molecular flexibility index (Phi) is 3.55. The molecule has 0 bridgehead atoms. The van der Waals surface area contributed by atoms with Gasteiger partial charge in [0, 0.05) is 36.2 Å². The Balaban J connectivity index is 1.66. The molecular formula is C19H13F4N5. The molecule has 0 radical (unpaired) electrons. The Labute approximate surface area is 156 Å². The van der Waals surface area contributed by atoms with Crippen molar-refractivity contribution in [2.24, 2.45) is 5.92 Å². The SMILES string of the molecule is Fc1ccc(-c2ncn(CC3CC3(F)F)c2-c2ccn3ncnc3c2)cc1F. The molecule has 9 heteroatoms. The number of imidazole rings is 1. The molecule has 1 aliphatic rings. The minimum atomic E-state index is -2.68. The van der Waals surface area contributed by atoms with Crippen LogP contribution in [0.25, 0.3) is 28.2 Å². The maximum absolute atomic E-state index is 13.8. The van der Waals surface area contributed by atoms with Crippen LogP contribution in [-0.2, 0) is 6.54 Å². The van der Waals surface area contributed by atoms with E-state index in [1.54, 1.807) is 27.4 Å². The minimum Gasteiger partial charge on any atom is -0.330 e. The first-order valence-electron chi connectivity index (χ1n) is 8.60. The maximum atomic E-state index is 13.8. The van der Waals surface area contributed by atoms with Crippen molar-refractivity contribution in [3.63, 3.8) is 0 Å². The van der Waals surface area contributed by atoms with E-state index in [0.717, 1.165) is 12.1 Å². The van der Waals surface area contributed by atoms with Crippen LogP contribution in [-0.4, -0.2) is 30.1 Å². The largest absolute Gasteiger partial charge is 0.330 e. The molecule has 0 amide bonds. The van der Waals surface area contributed by atoms with Gasteiger partial charge in [-0.3, -0.25) is 0 Å². The number of rotatable bonds is 4. The molecule has 0 N–H and O–H groups in total. The number of fused-ring (bicyclic) bond motifs is 1. The van der Waals surface area contributed by atoms with Gasteiger partial charge in [-0.1, -0.05) is 0 Å². The van der Waals surface area contributed by atoms with Gasteiger partial charge in [0.05, 0.1) is 17.7 Å². The Morgan fingerprint density at radius 3 is 2.61 bits per heavy atom. The molecule has 3 aromatic heterocycles. The lowest BCUT2D eigenvalue weighted by Crippen LogP contribution is -2.06. The molecular weight excluding hydrogens is 374 g/mol. The van der Waals surface area contributed by atoms with Crippen LogP contribution in [0.5, 0.6) is 0 Å². The predicted molar refractivity (Wildman–Crippen MR) is 92.6 cm³/mol. The van der Waals surface area contributed by atoms with E-state index in [1.807, 2.05) is 0 Å². The van der Waals surface area contributed by atoms with Crippen LogP contribution in [0.4, 0.5) is 17.6 Å². The summed E-state index contributed by atoms with van der Waals surface area (Å²) in [6.07, 6.45) is 4.37. The molecule has 1 aromatic carbocycles. The molecule has 142 valence electrons. The van der Waals surface area contributed by atoms with E-state index in [9.17, 15) is 17.6 Å². The molecule has 1 saturated carbocycles. The monoisotopic (exact) mass is 387 g/mol. The third-order valence-electron chi connectivity index (χ3n) is 4.96. The number of hydrogen-bond acceptors (Lipinski definition) is 3. The van der Waals surface area contributed by atoms with Gasteiger partial charge in [0.15, 0.2) is 17.3 Å². The van der Waals surface area contributed by atoms with Crippen molar-refractivity contribution < 1.29 is 17.6 Å². The summed E-state index contributed by atoms with van der Waals surface area (Å²) in [5, 5.41) is 4.04. The number of benzene rings is 1. The lowest BCUT2D eigenvalue weighted by atomic mass is 10.0. The Hall–Kier alpha value is -3.23. The summed E-state index contributed by atoms with van der Waals surface area (Å²) >= 11 is 0. The zero-order chi connectivity index (χ0) is 19.5. The van der Waals surface area contributed by atoms with Gasteiger partial charge in [0.1, 0.15) is 6.33 Å². The van der Waals surface area contributed by atoms with Gasteiger partial charge in [-0.2, -0.15) is 5.10 Å². The van der Waals surface area contributed by atoms with Crippen LogP contribution >= 0.6 is 0 Å². The standard InChI is InChI=1S/C19H13F4N5/c20-14-2-1-11(5-15(14)21)17-18(12-3-4-28-16(6-12)24-9-26-28)27(10-25-17)8-13-7-19(13,22)23/h1-6,9-10,13H,7-8H2. The fraction of sp³-hybridized carbons (Fsp3) is 0.211. The van der Waals surface area contributed by atoms with Crippen LogP contribution in [0.15, 0.2) is 49.2 Å². The summed E-state index contributed by atoms with van der Waals surface area (Å²) in [7, 11) is 0. The van der Waals surface area contributed by atoms with E-state index in [2.05, 4.69) is 15.1 Å². The van der Waals surface area contributed by atoms with E-state index in [0.29, 0.717) is 28.2 Å². The average Bonchev–Trinajstić information content (AvgIpc) is 3.05. The number of halogens is 4. The minimum absolute atomic E-state index is 0.0802. The average molecular weight is 387 g/mol. The molecule has 0 spiro atoms. The summed E-state index contributed by atoms with van der Waals surface area (Å²) in [5.41, 5.74) is 2.52. The highest BCUT2D eigenvalue weighted by Crippen LogP contribution is 2.50. The number of nitrogens with zero attached hydrogens (tertiary/aromatic N) is 5. The lowest BCUT2D eigenvalue weighted by molar-refractivity contribution is 0.0952. The molecule has 3 heterocycles. The van der Waals surface area contributed by atoms with Crippen molar-refractivity contribution >= 4 is 5.65 Å². The Morgan fingerprint density at radius 1 is 1.04 bits per heavy atom. The lowest BCUT2D eigenvalue weighted by Gasteiger charge is -2.11. The molecule has 28 heavy (non-hydrogen) atoms. The third kappa shape index (κ3) is 2.74. The predicted octanol–water partition coefficient (Wildman–Crippen LogP) is 4.19. The third-order valence-corrected chi connectivity index (χ3v) is 4.96. The smallest absolute Gasteiger partial charge is 0.253 e. The van der Waals surface area contributed by atoms with Crippen molar-refractivity contribution in [2.45, 2.75) is 18.9 Å². The highest BCUT2D eigenvalue weighted by Gasteiger charge is 2.56. The summed E-state index contributed by atoms with van der Waals surface area (Å²) < 4.78 is 57.2. The molecule has 5 nitrogen and oxygen atoms in total. The maximum Gasteiger partial charge on any atom is 0.253 e. The zero-order valence-corrected chi connectivity index (χ0v) is 14.4. The summed E-state index contributed by atoms with van der Waals surface area (Å²) in [6.45, 7) is 0.0802. The van der Waals surface area contributed by atoms with Crippen LogP contribution in [0.2, 0.25) is 0 Å². The summed E-state index contributed by atoms with van der Waals surface area (Å²) in [5.74, 6) is -5.41. The zero-order valence-electron chi connectivity index (χ0n) is 14.4. The number of alkyl halides is 2.